The first-order valence-electron chi connectivity index (χ1n) is 5.12. The lowest BCUT2D eigenvalue weighted by atomic mass is 9.91. The molecule has 126 valence electrons. The molecule has 0 aromatic heterocycles. The van der Waals surface area contributed by atoms with Gasteiger partial charge in [0, 0.05) is 0 Å². The van der Waals surface area contributed by atoms with Crippen LogP contribution in [-0.2, 0) is 0 Å². The molecule has 0 aliphatic carbocycles. The minimum absolute atomic E-state index is 1.87. The molecule has 0 heterocycles. The van der Waals surface area contributed by atoms with E-state index in [4.69, 9.17) is 10.2 Å². The molecule has 4 N–H and O–H groups in total. The van der Waals surface area contributed by atoms with E-state index in [-0.39, 0.29) is 0 Å². The quantitative estimate of drug-likeness (QED) is 0.180. The van der Waals surface area contributed by atoms with Gasteiger partial charge in [-0.25, -0.2) is 0 Å². The van der Waals surface area contributed by atoms with Crippen LogP contribution in [-0.4, -0.2) is 76.9 Å². The first kappa shape index (κ1) is 19.4. The molecular weight excluding hydrogens is 320 g/mol. The van der Waals surface area contributed by atoms with E-state index in [0.29, 0.717) is 0 Å². The highest BCUT2D eigenvalue weighted by molar-refractivity contribution is 4.90. The number of nitrogens with zero attached hydrogens (tertiary/aromatic N) is 4. The van der Waals surface area contributed by atoms with E-state index in [1.807, 2.05) is 0 Å². The molecule has 0 saturated heterocycles. The fraction of sp³-hybridized carbons (Fsp3) is 1.00. The minimum atomic E-state index is -3.97. The van der Waals surface area contributed by atoms with Gasteiger partial charge in [0.1, 0.15) is 19.7 Å². The van der Waals surface area contributed by atoms with Crippen LogP contribution in [0.1, 0.15) is 0 Å². The van der Waals surface area contributed by atoms with Crippen molar-refractivity contribution in [1.29, 1.82) is 0 Å². The van der Waals surface area contributed by atoms with Gasteiger partial charge in [-0.3, -0.25) is 40.5 Å². The number of nitro groups is 4. The summed E-state index contributed by atoms with van der Waals surface area (Å²) < 4.78 is 0. The van der Waals surface area contributed by atoms with Gasteiger partial charge in [-0.1, -0.05) is 0 Å². The largest absolute Gasteiger partial charge is 0.508 e. The summed E-state index contributed by atoms with van der Waals surface area (Å²) in [4.78, 5) is 35.4. The Kier molecular flexibility index (Phi) is 5.72. The summed E-state index contributed by atoms with van der Waals surface area (Å²) in [6.07, 6.45) is -6.77. The Morgan fingerprint density at radius 1 is 0.682 bits per heavy atom. The van der Waals surface area contributed by atoms with Gasteiger partial charge in [-0.2, -0.15) is 0 Å². The van der Waals surface area contributed by atoms with E-state index >= 15 is 0 Å². The van der Waals surface area contributed by atoms with Crippen LogP contribution in [0.5, 0.6) is 0 Å². The van der Waals surface area contributed by atoms with Crippen molar-refractivity contribution in [2.75, 3.05) is 13.2 Å². The number of rotatable bonds is 9. The molecule has 0 spiro atoms. The number of hydrogen-bond donors (Lipinski definition) is 4. The molecule has 16 nitrogen and oxygen atoms in total. The van der Waals surface area contributed by atoms with Gasteiger partial charge < -0.3 is 20.4 Å². The Labute approximate surface area is 118 Å². The Morgan fingerprint density at radius 2 is 0.864 bits per heavy atom. The van der Waals surface area contributed by atoms with E-state index in [9.17, 15) is 50.7 Å². The van der Waals surface area contributed by atoms with Crippen LogP contribution in [0.2, 0.25) is 0 Å². The van der Waals surface area contributed by atoms with Gasteiger partial charge in [-0.05, 0) is 0 Å². The Morgan fingerprint density at radius 3 is 0.955 bits per heavy atom. The van der Waals surface area contributed by atoms with Crippen LogP contribution in [0.4, 0.5) is 0 Å². The zero-order valence-electron chi connectivity index (χ0n) is 10.4. The van der Waals surface area contributed by atoms with E-state index in [2.05, 4.69) is 0 Å². The predicted octanol–water partition coefficient (Wildman–Crippen LogP) is -3.81. The summed E-state index contributed by atoms with van der Waals surface area (Å²) in [5.74, 6) is 0. The van der Waals surface area contributed by atoms with E-state index < -0.39 is 56.4 Å². The molecule has 0 rings (SSSR count). The van der Waals surface area contributed by atoms with Crippen molar-refractivity contribution in [3.63, 3.8) is 0 Å². The maximum absolute atomic E-state index is 10.7. The van der Waals surface area contributed by atoms with Crippen molar-refractivity contribution in [3.05, 3.63) is 40.5 Å². The summed E-state index contributed by atoms with van der Waals surface area (Å²) in [5.41, 5.74) is -7.93. The fourth-order valence-electron chi connectivity index (χ4n) is 1.49. The van der Waals surface area contributed by atoms with Crippen molar-refractivity contribution in [1.82, 2.24) is 0 Å². The zero-order valence-corrected chi connectivity index (χ0v) is 10.4. The summed E-state index contributed by atoms with van der Waals surface area (Å²) in [5, 5.41) is 79.5. The van der Waals surface area contributed by atoms with Gasteiger partial charge in [0.05, 0.1) is 0 Å². The van der Waals surface area contributed by atoms with Crippen molar-refractivity contribution in [2.45, 2.75) is 23.5 Å². The lowest BCUT2D eigenvalue weighted by Gasteiger charge is -2.27. The van der Waals surface area contributed by atoms with Gasteiger partial charge in [-0.15, -0.1) is 0 Å². The summed E-state index contributed by atoms with van der Waals surface area (Å²) >= 11 is 0. The second-order valence-corrected chi connectivity index (χ2v) is 3.99. The smallest absolute Gasteiger partial charge is 0.382 e. The molecule has 0 bridgehead atoms. The van der Waals surface area contributed by atoms with Crippen LogP contribution in [0.25, 0.3) is 0 Å². The van der Waals surface area contributed by atoms with Crippen LogP contribution >= 0.6 is 0 Å². The molecule has 0 aromatic rings. The lowest BCUT2D eigenvalue weighted by molar-refractivity contribution is -0.832. The maximum Gasteiger partial charge on any atom is 0.508 e. The molecule has 2 atom stereocenters. The molecule has 0 amide bonds. The van der Waals surface area contributed by atoms with Crippen LogP contribution in [0.15, 0.2) is 0 Å². The third-order valence-electron chi connectivity index (χ3n) is 2.98. The second-order valence-electron chi connectivity index (χ2n) is 3.99. The zero-order chi connectivity index (χ0) is 17.9. The molecule has 22 heavy (non-hydrogen) atoms. The SMILES string of the molecule is O=[N+]([O-])C(CO)(C(O)C(O)C(CO)([N+](=O)[O-])[N+](=O)[O-])[N+](=O)[O-]. The molecule has 0 aliphatic heterocycles. The molecule has 0 aromatic carbocycles. The van der Waals surface area contributed by atoms with E-state index in [0.717, 1.165) is 0 Å². The highest BCUT2D eigenvalue weighted by Gasteiger charge is 2.75. The topological polar surface area (TPSA) is 253 Å². The van der Waals surface area contributed by atoms with Gasteiger partial charge >= 0.3 is 11.3 Å². The maximum atomic E-state index is 10.7. The predicted molar refractivity (Wildman–Crippen MR) is 59.6 cm³/mol. The average molecular weight is 330 g/mol. The standard InChI is InChI=1S/C6H10N4O12/c11-1-5(7(15)16,8(17)18)3(13)4(14)6(2-12,9(19)20)10(21)22/h3-4,11-14H,1-2H2. The number of aliphatic hydroxyl groups is 4. The molecule has 16 heteroatoms. The van der Waals surface area contributed by atoms with Gasteiger partial charge in [0.15, 0.2) is 13.2 Å². The molecule has 0 fully saturated rings. The molecule has 0 aliphatic rings. The second kappa shape index (κ2) is 6.47. The molecule has 2 unspecified atom stereocenters. The highest BCUT2D eigenvalue weighted by Crippen LogP contribution is 2.27. The Hall–Kier alpha value is -2.56. The normalized spacial score (nSPS) is 14.9. The minimum Gasteiger partial charge on any atom is -0.382 e. The number of aliphatic hydroxyl groups excluding tert-OH is 4. The summed E-state index contributed by atoms with van der Waals surface area (Å²) in [6.45, 7) is -4.08. The van der Waals surface area contributed by atoms with E-state index in [1.165, 1.54) is 0 Å². The first-order chi connectivity index (χ1) is 9.96. The van der Waals surface area contributed by atoms with Crippen molar-refractivity contribution >= 4 is 0 Å². The van der Waals surface area contributed by atoms with Crippen LogP contribution in [0.3, 0.4) is 0 Å². The number of hydrogen-bond acceptors (Lipinski definition) is 12. The summed E-state index contributed by atoms with van der Waals surface area (Å²) in [6, 6.07) is 0. The molecule has 0 radical (unpaired) electrons. The van der Waals surface area contributed by atoms with Crippen LogP contribution < -0.4 is 0 Å². The first-order valence-corrected chi connectivity index (χ1v) is 5.12. The van der Waals surface area contributed by atoms with Gasteiger partial charge in [0.2, 0.25) is 12.2 Å². The third-order valence-corrected chi connectivity index (χ3v) is 2.98. The van der Waals surface area contributed by atoms with Crippen molar-refractivity contribution in [2.24, 2.45) is 0 Å². The monoisotopic (exact) mass is 330 g/mol. The molecule has 0 saturated carbocycles. The van der Waals surface area contributed by atoms with Crippen molar-refractivity contribution < 1.29 is 40.1 Å². The van der Waals surface area contributed by atoms with Gasteiger partial charge in [0.25, 0.3) is 0 Å². The Bertz CT molecular complexity index is 420. The van der Waals surface area contributed by atoms with E-state index in [1.54, 1.807) is 0 Å². The third kappa shape index (κ3) is 2.50. The molecular formula is C6H10N4O12. The van der Waals surface area contributed by atoms with Crippen molar-refractivity contribution in [3.8, 4) is 0 Å². The Balaban J connectivity index is 6.19. The highest BCUT2D eigenvalue weighted by atomic mass is 16.7. The summed E-state index contributed by atoms with van der Waals surface area (Å²) in [7, 11) is 0. The van der Waals surface area contributed by atoms with Crippen LogP contribution in [0, 0.1) is 40.5 Å². The fourth-order valence-corrected chi connectivity index (χ4v) is 1.49. The average Bonchev–Trinajstić information content (AvgIpc) is 2.39. The lowest BCUT2D eigenvalue weighted by Crippen LogP contribution is -2.70.